The molecule has 4 heteroatoms. The molecule has 1 unspecified atom stereocenters. The largest absolute Gasteiger partial charge is 0.496 e. The van der Waals surface area contributed by atoms with Gasteiger partial charge in [-0.1, -0.05) is 17.7 Å². The van der Waals surface area contributed by atoms with Crippen LogP contribution in [-0.4, -0.2) is 32.0 Å². The highest BCUT2D eigenvalue weighted by Crippen LogP contribution is 2.42. The van der Waals surface area contributed by atoms with Gasteiger partial charge in [0.25, 0.3) is 0 Å². The Morgan fingerprint density at radius 1 is 1.44 bits per heavy atom. The molecule has 2 rings (SSSR count). The van der Waals surface area contributed by atoms with E-state index in [0.717, 1.165) is 22.4 Å². The van der Waals surface area contributed by atoms with Crippen molar-refractivity contribution in [2.24, 2.45) is 11.1 Å². The number of nitrogens with two attached hydrogens (primary N) is 1. The summed E-state index contributed by atoms with van der Waals surface area (Å²) in [7, 11) is 1.65. The topological polar surface area (TPSA) is 64.7 Å². The Kier molecular flexibility index (Phi) is 3.61. The van der Waals surface area contributed by atoms with Crippen molar-refractivity contribution in [2.45, 2.75) is 19.9 Å². The van der Waals surface area contributed by atoms with Crippen LogP contribution < -0.4 is 10.5 Å². The lowest BCUT2D eigenvalue weighted by atomic mass is 9.75. The summed E-state index contributed by atoms with van der Waals surface area (Å²) >= 11 is 0. The molecular formula is C14H21NO3. The molecule has 1 aromatic carbocycles. The summed E-state index contributed by atoms with van der Waals surface area (Å²) in [5.74, 6) is 0.813. The van der Waals surface area contributed by atoms with Crippen LogP contribution in [0, 0.1) is 19.3 Å². The highest BCUT2D eigenvalue weighted by Gasteiger charge is 2.45. The molecule has 0 bridgehead atoms. The van der Waals surface area contributed by atoms with Gasteiger partial charge in [0.1, 0.15) is 5.75 Å². The zero-order valence-corrected chi connectivity index (χ0v) is 11.2. The molecule has 1 saturated heterocycles. The third-order valence-corrected chi connectivity index (χ3v) is 3.74. The first kappa shape index (κ1) is 13.3. The lowest BCUT2D eigenvalue weighted by molar-refractivity contribution is -0.150. The monoisotopic (exact) mass is 251 g/mol. The predicted molar refractivity (Wildman–Crippen MR) is 69.7 cm³/mol. The summed E-state index contributed by atoms with van der Waals surface area (Å²) < 4.78 is 10.7. The van der Waals surface area contributed by atoms with Crippen LogP contribution in [0.25, 0.3) is 0 Å². The Hall–Kier alpha value is -1.10. The van der Waals surface area contributed by atoms with E-state index in [0.29, 0.717) is 13.2 Å². The number of hydrogen-bond donors (Lipinski definition) is 2. The number of aliphatic hydroxyl groups is 1. The van der Waals surface area contributed by atoms with E-state index in [1.807, 2.05) is 19.9 Å². The zero-order valence-electron chi connectivity index (χ0n) is 11.2. The zero-order chi connectivity index (χ0) is 13.3. The fraction of sp³-hybridized carbons (Fsp3) is 0.571. The van der Waals surface area contributed by atoms with Gasteiger partial charge < -0.3 is 20.3 Å². The molecule has 1 heterocycles. The van der Waals surface area contributed by atoms with Gasteiger partial charge in [-0.05, 0) is 19.4 Å². The van der Waals surface area contributed by atoms with Crippen LogP contribution in [0.2, 0.25) is 0 Å². The molecule has 100 valence electrons. The van der Waals surface area contributed by atoms with Gasteiger partial charge in [0.2, 0.25) is 0 Å². The van der Waals surface area contributed by atoms with Crippen molar-refractivity contribution in [3.05, 3.63) is 28.8 Å². The van der Waals surface area contributed by atoms with Crippen LogP contribution in [0.1, 0.15) is 22.7 Å². The van der Waals surface area contributed by atoms with Gasteiger partial charge >= 0.3 is 0 Å². The van der Waals surface area contributed by atoms with Crippen molar-refractivity contribution in [3.63, 3.8) is 0 Å². The Morgan fingerprint density at radius 2 is 2.11 bits per heavy atom. The molecule has 0 radical (unpaired) electrons. The molecule has 0 aromatic heterocycles. The summed E-state index contributed by atoms with van der Waals surface area (Å²) in [6.07, 6.45) is 0. The second-order valence-corrected chi connectivity index (χ2v) is 5.20. The number of methoxy groups -OCH3 is 1. The molecule has 1 aliphatic heterocycles. The van der Waals surface area contributed by atoms with Crippen molar-refractivity contribution >= 4 is 0 Å². The Labute approximate surface area is 108 Å². The van der Waals surface area contributed by atoms with E-state index >= 15 is 0 Å². The molecule has 1 fully saturated rings. The molecule has 4 nitrogen and oxygen atoms in total. The highest BCUT2D eigenvalue weighted by molar-refractivity contribution is 5.46. The Morgan fingerprint density at radius 3 is 2.56 bits per heavy atom. The molecular weight excluding hydrogens is 230 g/mol. The van der Waals surface area contributed by atoms with E-state index in [-0.39, 0.29) is 18.1 Å². The average molecular weight is 251 g/mol. The Bertz CT molecular complexity index is 435. The van der Waals surface area contributed by atoms with Crippen molar-refractivity contribution in [1.82, 2.24) is 0 Å². The minimum atomic E-state index is -0.368. The van der Waals surface area contributed by atoms with Gasteiger partial charge in [-0.2, -0.15) is 0 Å². The SMILES string of the molecule is COc1c(C)cc(C)cc1C(N)C1(CO)COC1. The maximum absolute atomic E-state index is 9.57. The molecule has 0 spiro atoms. The third kappa shape index (κ3) is 2.00. The fourth-order valence-electron chi connectivity index (χ4n) is 2.56. The van der Waals surface area contributed by atoms with Crippen molar-refractivity contribution in [3.8, 4) is 5.75 Å². The summed E-state index contributed by atoms with van der Waals surface area (Å²) in [6, 6.07) is 3.83. The first-order valence-electron chi connectivity index (χ1n) is 6.13. The van der Waals surface area contributed by atoms with E-state index in [9.17, 15) is 5.11 Å². The molecule has 0 amide bonds. The maximum Gasteiger partial charge on any atom is 0.126 e. The number of hydrogen-bond acceptors (Lipinski definition) is 4. The molecule has 1 atom stereocenters. The quantitative estimate of drug-likeness (QED) is 0.847. The van der Waals surface area contributed by atoms with Crippen LogP contribution in [0.4, 0.5) is 0 Å². The number of benzene rings is 1. The van der Waals surface area contributed by atoms with E-state index in [1.165, 1.54) is 0 Å². The number of rotatable bonds is 4. The van der Waals surface area contributed by atoms with Crippen molar-refractivity contribution < 1.29 is 14.6 Å². The summed E-state index contributed by atoms with van der Waals surface area (Å²) in [4.78, 5) is 0. The minimum absolute atomic E-state index is 0.0321. The van der Waals surface area contributed by atoms with Crippen molar-refractivity contribution in [2.75, 3.05) is 26.9 Å². The number of ether oxygens (including phenoxy) is 2. The van der Waals surface area contributed by atoms with E-state index in [4.69, 9.17) is 15.2 Å². The molecule has 0 saturated carbocycles. The summed E-state index contributed by atoms with van der Waals surface area (Å²) in [5, 5.41) is 9.57. The van der Waals surface area contributed by atoms with Gasteiger partial charge in [-0.25, -0.2) is 0 Å². The van der Waals surface area contributed by atoms with Crippen LogP contribution in [0.5, 0.6) is 5.75 Å². The maximum atomic E-state index is 9.57. The fourth-order valence-corrected chi connectivity index (χ4v) is 2.56. The average Bonchev–Trinajstić information content (AvgIpc) is 2.27. The summed E-state index contributed by atoms with van der Waals surface area (Å²) in [5.41, 5.74) is 9.14. The molecule has 18 heavy (non-hydrogen) atoms. The van der Waals surface area contributed by atoms with E-state index in [2.05, 4.69) is 6.07 Å². The van der Waals surface area contributed by atoms with Gasteiger partial charge in [0.15, 0.2) is 0 Å². The summed E-state index contributed by atoms with van der Waals surface area (Å²) in [6.45, 7) is 5.07. The van der Waals surface area contributed by atoms with E-state index < -0.39 is 0 Å². The van der Waals surface area contributed by atoms with Gasteiger partial charge in [-0.15, -0.1) is 0 Å². The molecule has 1 aromatic rings. The smallest absolute Gasteiger partial charge is 0.126 e. The third-order valence-electron chi connectivity index (χ3n) is 3.74. The van der Waals surface area contributed by atoms with Crippen LogP contribution in [0.15, 0.2) is 12.1 Å². The normalized spacial score (nSPS) is 19.2. The van der Waals surface area contributed by atoms with E-state index in [1.54, 1.807) is 7.11 Å². The first-order valence-corrected chi connectivity index (χ1v) is 6.13. The second kappa shape index (κ2) is 4.88. The van der Waals surface area contributed by atoms with Gasteiger partial charge in [0, 0.05) is 11.6 Å². The lowest BCUT2D eigenvalue weighted by Gasteiger charge is -2.44. The highest BCUT2D eigenvalue weighted by atomic mass is 16.5. The molecule has 0 aliphatic carbocycles. The minimum Gasteiger partial charge on any atom is -0.496 e. The molecule has 1 aliphatic rings. The van der Waals surface area contributed by atoms with Crippen LogP contribution >= 0.6 is 0 Å². The Balaban J connectivity index is 2.43. The molecule has 3 N–H and O–H groups in total. The van der Waals surface area contributed by atoms with Crippen LogP contribution in [-0.2, 0) is 4.74 Å². The number of aryl methyl sites for hydroxylation is 2. The second-order valence-electron chi connectivity index (χ2n) is 5.20. The van der Waals surface area contributed by atoms with Crippen molar-refractivity contribution in [1.29, 1.82) is 0 Å². The predicted octanol–water partition coefficient (Wildman–Crippen LogP) is 1.32. The lowest BCUT2D eigenvalue weighted by Crippen LogP contribution is -2.53. The number of aliphatic hydroxyl groups excluding tert-OH is 1. The van der Waals surface area contributed by atoms with Gasteiger partial charge in [0.05, 0.1) is 32.3 Å². The van der Waals surface area contributed by atoms with Gasteiger partial charge in [-0.3, -0.25) is 0 Å². The standard InChI is InChI=1S/C14H21NO3/c1-9-4-10(2)12(17-3)11(5-9)13(15)14(6-16)7-18-8-14/h4-5,13,16H,6-8,15H2,1-3H3. The van der Waals surface area contributed by atoms with Crippen LogP contribution in [0.3, 0.4) is 0 Å². The first-order chi connectivity index (χ1) is 8.54.